The first-order chi connectivity index (χ1) is 32.4. The van der Waals surface area contributed by atoms with Crippen molar-refractivity contribution in [3.63, 3.8) is 0 Å². The van der Waals surface area contributed by atoms with Gasteiger partial charge < -0.3 is 25.0 Å². The number of nitrogens with one attached hydrogen (secondary N) is 4. The molecular formula is C48H71FN8O8S3. The number of carbonyl (C=O) groups excluding carboxylic acids is 6. The highest BCUT2D eigenvalue weighted by molar-refractivity contribution is 8.78. The van der Waals surface area contributed by atoms with Gasteiger partial charge in [-0.1, -0.05) is 82.5 Å². The molecule has 68 heavy (non-hydrogen) atoms. The van der Waals surface area contributed by atoms with Crippen LogP contribution in [-0.2, 0) is 35.1 Å². The summed E-state index contributed by atoms with van der Waals surface area (Å²) in [6.45, 7) is 17.1. The molecule has 1 aliphatic heterocycles. The molecule has 1 unspecified atom stereocenters. The molecule has 16 nitrogen and oxygen atoms in total. The summed E-state index contributed by atoms with van der Waals surface area (Å²) in [7, 11) is 6.44. The van der Waals surface area contributed by atoms with Crippen LogP contribution in [0.15, 0.2) is 57.9 Å². The summed E-state index contributed by atoms with van der Waals surface area (Å²) in [6.07, 6.45) is 8.31. The Kier molecular flexibility index (Phi) is 25.3. The summed E-state index contributed by atoms with van der Waals surface area (Å²) in [6, 6.07) is 3.93. The van der Waals surface area contributed by atoms with Crippen LogP contribution < -0.4 is 21.5 Å². The highest BCUT2D eigenvalue weighted by Crippen LogP contribution is 2.32. The van der Waals surface area contributed by atoms with Gasteiger partial charge in [0.25, 0.3) is 5.91 Å². The van der Waals surface area contributed by atoms with Crippen molar-refractivity contribution < 1.29 is 42.6 Å². The maximum atomic E-state index is 14.3. The van der Waals surface area contributed by atoms with Crippen LogP contribution in [0, 0.1) is 23.6 Å². The largest absolute Gasteiger partial charge is 0.455 e. The number of likely N-dealkylation sites (N-methyl/N-ethyl adjacent to an activating group) is 2. The Hall–Kier alpha value is -4.79. The first-order valence-corrected chi connectivity index (χ1v) is 26.4. The van der Waals surface area contributed by atoms with Crippen molar-refractivity contribution in [3.8, 4) is 0 Å². The number of benzene rings is 1. The number of hydrogen-bond acceptors (Lipinski definition) is 14. The van der Waals surface area contributed by atoms with E-state index in [2.05, 4.69) is 38.2 Å². The van der Waals surface area contributed by atoms with Crippen molar-refractivity contribution in [1.82, 2.24) is 36.3 Å². The molecule has 5 amide bonds. The molecule has 1 aromatic carbocycles. The number of nitrogens with zero attached hydrogens (tertiary/aromatic N) is 4. The van der Waals surface area contributed by atoms with Gasteiger partial charge in [0, 0.05) is 49.5 Å². The Labute approximate surface area is 413 Å². The predicted octanol–water partition coefficient (Wildman–Crippen LogP) is 7.79. The Morgan fingerprint density at radius 2 is 1.79 bits per heavy atom. The van der Waals surface area contributed by atoms with E-state index < -0.39 is 54.0 Å². The third kappa shape index (κ3) is 19.3. The van der Waals surface area contributed by atoms with Gasteiger partial charge in [-0.15, -0.1) is 11.3 Å². The van der Waals surface area contributed by atoms with E-state index >= 15 is 0 Å². The number of halogens is 1. The minimum atomic E-state index is -0.906. The fourth-order valence-corrected chi connectivity index (χ4v) is 10.1. The van der Waals surface area contributed by atoms with E-state index in [-0.39, 0.29) is 60.7 Å². The monoisotopic (exact) mass is 1000 g/mol. The van der Waals surface area contributed by atoms with Gasteiger partial charge in [-0.05, 0) is 106 Å². The number of thiazole rings is 1. The number of piperidine rings is 1. The van der Waals surface area contributed by atoms with Gasteiger partial charge in [0.1, 0.15) is 34.2 Å². The van der Waals surface area contributed by atoms with E-state index in [4.69, 9.17) is 9.47 Å². The second-order valence-electron chi connectivity index (χ2n) is 17.3. The number of likely N-dealkylation sites (tertiary alicyclic amines) is 1. The van der Waals surface area contributed by atoms with Gasteiger partial charge in [-0.3, -0.25) is 39.3 Å². The minimum Gasteiger partial charge on any atom is -0.455 e. The molecule has 7 atom stereocenters. The topological polar surface area (TPSA) is 201 Å². The zero-order valence-corrected chi connectivity index (χ0v) is 43.3. The molecule has 20 heteroatoms. The van der Waals surface area contributed by atoms with Gasteiger partial charge >= 0.3 is 12.1 Å². The maximum absolute atomic E-state index is 14.3. The lowest BCUT2D eigenvalue weighted by molar-refractivity contribution is -0.149. The number of esters is 1. The first-order valence-electron chi connectivity index (χ1n) is 23.2. The quantitative estimate of drug-likeness (QED) is 0.0178. The summed E-state index contributed by atoms with van der Waals surface area (Å²) in [5, 5.41) is 8.71. The molecule has 1 aliphatic rings. The molecule has 0 saturated carbocycles. The number of carbonyl (C=O) groups is 6. The fourth-order valence-electron chi connectivity index (χ4n) is 7.62. The molecule has 376 valence electrons. The van der Waals surface area contributed by atoms with Crippen molar-refractivity contribution >= 4 is 75.3 Å². The second-order valence-corrected chi connectivity index (χ2v) is 20.7. The van der Waals surface area contributed by atoms with E-state index in [1.165, 1.54) is 40.6 Å². The molecule has 3 rings (SSSR count). The average molecular weight is 1000 g/mol. The van der Waals surface area contributed by atoms with E-state index in [9.17, 15) is 33.2 Å². The second kappa shape index (κ2) is 30.0. The van der Waals surface area contributed by atoms with Gasteiger partial charge in [0.2, 0.25) is 17.7 Å². The molecule has 0 bridgehead atoms. The van der Waals surface area contributed by atoms with Crippen molar-refractivity contribution in [3.05, 3.63) is 75.0 Å². The van der Waals surface area contributed by atoms with Crippen LogP contribution in [-0.4, -0.2) is 114 Å². The predicted molar refractivity (Wildman–Crippen MR) is 269 cm³/mol. The molecule has 1 aromatic heterocycles. The van der Waals surface area contributed by atoms with Crippen LogP contribution in [0.4, 0.5) is 9.18 Å². The van der Waals surface area contributed by atoms with Gasteiger partial charge in [0.15, 0.2) is 6.10 Å². The zero-order valence-electron chi connectivity index (χ0n) is 40.9. The van der Waals surface area contributed by atoms with Crippen LogP contribution >= 0.6 is 32.9 Å². The lowest BCUT2D eigenvalue weighted by atomic mass is 9.92. The van der Waals surface area contributed by atoms with Crippen molar-refractivity contribution in [2.45, 2.75) is 130 Å². The normalized spacial score (nSPS) is 17.0. The molecule has 0 aliphatic carbocycles. The van der Waals surface area contributed by atoms with Crippen molar-refractivity contribution in [2.75, 3.05) is 33.0 Å². The van der Waals surface area contributed by atoms with Gasteiger partial charge in [-0.25, -0.2) is 19.6 Å². The van der Waals surface area contributed by atoms with Gasteiger partial charge in [-0.2, -0.15) is 0 Å². The highest BCUT2D eigenvalue weighted by Gasteiger charge is 2.37. The SMILES string of the molecule is C=N/C(=C\C=C/C)SSCCOC(=O)NNC(=O)[C@@H](C)C[C@H](CCc1ccc(F)cc1)NC(=O)c1csc([C@@H](C[C@H](C(C)C)N(C)C(=O)C(NC(=O)[C@H]2CCCCN2C)[C@@H](C)CC)OC(C)=O)n1. The van der Waals surface area contributed by atoms with Crippen LogP contribution in [0.25, 0.3) is 0 Å². The number of hydrogen-bond donors (Lipinski definition) is 4. The highest BCUT2D eigenvalue weighted by atomic mass is 33.1. The van der Waals surface area contributed by atoms with Crippen molar-refractivity contribution in [1.29, 1.82) is 0 Å². The summed E-state index contributed by atoms with van der Waals surface area (Å²) in [5.41, 5.74) is 5.54. The molecule has 4 N–H and O–H groups in total. The average Bonchev–Trinajstić information content (AvgIpc) is 3.82. The Bertz CT molecular complexity index is 2040. The summed E-state index contributed by atoms with van der Waals surface area (Å²) in [5.74, 6) is -2.87. The Balaban J connectivity index is 1.72. The Morgan fingerprint density at radius 3 is 2.43 bits per heavy atom. The lowest BCUT2D eigenvalue weighted by Gasteiger charge is -2.38. The number of amides is 5. The molecule has 0 spiro atoms. The number of aryl methyl sites for hydroxylation is 1. The maximum Gasteiger partial charge on any atom is 0.426 e. The minimum absolute atomic E-state index is 0.0653. The van der Waals surface area contributed by atoms with Crippen LogP contribution in [0.2, 0.25) is 0 Å². The van der Waals surface area contributed by atoms with E-state index in [0.717, 1.165) is 42.7 Å². The van der Waals surface area contributed by atoms with Crippen LogP contribution in [0.5, 0.6) is 0 Å². The van der Waals surface area contributed by atoms with Crippen molar-refractivity contribution in [2.24, 2.45) is 22.7 Å². The molecule has 2 aromatic rings. The lowest BCUT2D eigenvalue weighted by Crippen LogP contribution is -2.58. The number of aliphatic imine (C=N–C) groups is 1. The van der Waals surface area contributed by atoms with Crippen LogP contribution in [0.3, 0.4) is 0 Å². The molecule has 1 saturated heterocycles. The third-order valence-corrected chi connectivity index (χ3v) is 15.0. The van der Waals surface area contributed by atoms with E-state index in [0.29, 0.717) is 35.1 Å². The first kappa shape index (κ1) is 57.5. The number of allylic oxidation sites excluding steroid dienone is 3. The standard InChI is InChI=1S/C48H71FN8O8S3/c1-11-13-17-41(50-8)68-67-26-25-64-48(63)55-54-43(59)32(6)27-36(23-20-34-18-21-35(49)22-19-34)51-44(60)37-29-66-46(52-37)40(65-33(7)58)28-39(30(3)4)57(10)47(62)42(31(5)12-2)53-45(61)38-16-14-15-24-56(38)9/h11,13,17-19,21-22,29-32,36,38-40,42H,8,12,14-16,20,23-28H2,1-7,9-10H3,(H,51,60)(H,53,61)(H,54,59)(H,55,63)/b13-11-,41-17+/t31-,32-,36-,38+,39+,40+,42?/m0/s1. The van der Waals surface area contributed by atoms with E-state index in [1.54, 1.807) is 36.4 Å². The molecule has 0 radical (unpaired) electrons. The van der Waals surface area contributed by atoms with Gasteiger partial charge in [0.05, 0.1) is 6.04 Å². The molecular weight excluding hydrogens is 932 g/mol. The number of rotatable bonds is 26. The number of hydrazine groups is 1. The summed E-state index contributed by atoms with van der Waals surface area (Å²) < 4.78 is 24.7. The van der Waals surface area contributed by atoms with Crippen LogP contribution in [0.1, 0.15) is 121 Å². The summed E-state index contributed by atoms with van der Waals surface area (Å²) >= 11 is 1.14. The van der Waals surface area contributed by atoms with E-state index in [1.807, 2.05) is 64.8 Å². The fraction of sp³-hybridized carbons (Fsp3) is 0.583. The zero-order chi connectivity index (χ0) is 50.3. The third-order valence-electron chi connectivity index (χ3n) is 11.8. The molecule has 1 fully saturated rings. The molecule has 2 heterocycles. The Morgan fingerprint density at radius 1 is 1.07 bits per heavy atom. The summed E-state index contributed by atoms with van der Waals surface area (Å²) in [4.78, 5) is 92.0. The number of aromatic nitrogens is 1. The number of ether oxygens (including phenoxy) is 2. The smallest absolute Gasteiger partial charge is 0.426 e.